The van der Waals surface area contributed by atoms with E-state index < -0.39 is 0 Å². The molecule has 3 heteroatoms. The van der Waals surface area contributed by atoms with Crippen molar-refractivity contribution in [3.63, 3.8) is 0 Å². The lowest BCUT2D eigenvalue weighted by Gasteiger charge is -2.05. The number of nitrogens with two attached hydrogens (primary N) is 1. The van der Waals surface area contributed by atoms with Crippen LogP contribution in [0.1, 0.15) is 24.2 Å². The number of benzene rings is 2. The molecule has 0 radical (unpaired) electrons. The predicted molar refractivity (Wildman–Crippen MR) is 76.6 cm³/mol. The third-order valence-electron chi connectivity index (χ3n) is 2.20. The predicted octanol–water partition coefficient (Wildman–Crippen LogP) is 3.55. The molecule has 0 saturated heterocycles. The van der Waals surface area contributed by atoms with Gasteiger partial charge in [-0.25, -0.2) is 0 Å². The lowest BCUT2D eigenvalue weighted by Crippen LogP contribution is -2.11. The zero-order chi connectivity index (χ0) is 13.4. The first-order valence-corrected chi connectivity index (χ1v) is 5.97. The van der Waals surface area contributed by atoms with Crippen LogP contribution >= 0.6 is 0 Å². The Kier molecular flexibility index (Phi) is 5.45. The second-order valence-corrected chi connectivity index (χ2v) is 3.44. The molecule has 18 heavy (non-hydrogen) atoms. The topological polar surface area (TPSA) is 55.1 Å². The monoisotopic (exact) mass is 242 g/mol. The number of carbonyl (C=O) groups is 1. The summed E-state index contributed by atoms with van der Waals surface area (Å²) < 4.78 is 0. The molecule has 94 valence electrons. The van der Waals surface area contributed by atoms with E-state index in [2.05, 4.69) is 5.32 Å². The Morgan fingerprint density at radius 2 is 1.50 bits per heavy atom. The van der Waals surface area contributed by atoms with Crippen molar-refractivity contribution in [2.24, 2.45) is 0 Å². The molecule has 0 heterocycles. The first kappa shape index (κ1) is 13.8. The Morgan fingerprint density at radius 1 is 0.944 bits per heavy atom. The summed E-state index contributed by atoms with van der Waals surface area (Å²) in [6.45, 7) is 4.00. The van der Waals surface area contributed by atoms with Gasteiger partial charge in [-0.15, -0.1) is 0 Å². The van der Waals surface area contributed by atoms with E-state index in [1.165, 1.54) is 0 Å². The van der Waals surface area contributed by atoms with E-state index in [4.69, 9.17) is 5.73 Å². The fraction of sp³-hybridized carbons (Fsp3) is 0.133. The number of hydrogen-bond acceptors (Lipinski definition) is 2. The Balaban J connectivity index is 0.000000771. The van der Waals surface area contributed by atoms with Crippen molar-refractivity contribution in [3.05, 3.63) is 60.2 Å². The third-order valence-corrected chi connectivity index (χ3v) is 2.20. The molecule has 2 aromatic rings. The molecular weight excluding hydrogens is 224 g/mol. The van der Waals surface area contributed by atoms with Crippen molar-refractivity contribution in [3.8, 4) is 0 Å². The maximum atomic E-state index is 11.8. The molecule has 0 bridgehead atoms. The minimum Gasteiger partial charge on any atom is -0.399 e. The first-order chi connectivity index (χ1) is 8.75. The summed E-state index contributed by atoms with van der Waals surface area (Å²) in [5.74, 6) is -0.120. The van der Waals surface area contributed by atoms with Crippen molar-refractivity contribution < 1.29 is 4.79 Å². The SMILES string of the molecule is CC.Nc1ccc(NC(=O)c2ccccc2)cc1. The van der Waals surface area contributed by atoms with Crippen LogP contribution < -0.4 is 11.1 Å². The Morgan fingerprint density at radius 3 is 2.06 bits per heavy atom. The maximum absolute atomic E-state index is 11.8. The van der Waals surface area contributed by atoms with Gasteiger partial charge < -0.3 is 11.1 Å². The summed E-state index contributed by atoms with van der Waals surface area (Å²) in [5, 5.41) is 2.79. The molecule has 0 aliphatic heterocycles. The molecule has 3 nitrogen and oxygen atoms in total. The molecule has 2 rings (SSSR count). The molecule has 1 amide bonds. The van der Waals surface area contributed by atoms with Crippen molar-refractivity contribution in [2.45, 2.75) is 13.8 Å². The molecule has 3 N–H and O–H groups in total. The molecule has 0 aromatic heterocycles. The molecule has 0 fully saturated rings. The highest BCUT2D eigenvalue weighted by Crippen LogP contribution is 2.11. The van der Waals surface area contributed by atoms with Crippen molar-refractivity contribution in [1.82, 2.24) is 0 Å². The third kappa shape index (κ3) is 3.94. The minimum absolute atomic E-state index is 0.120. The van der Waals surface area contributed by atoms with Crippen LogP contribution in [0.3, 0.4) is 0 Å². The minimum atomic E-state index is -0.120. The fourth-order valence-electron chi connectivity index (χ4n) is 1.36. The van der Waals surface area contributed by atoms with Gasteiger partial charge in [0.15, 0.2) is 0 Å². The van der Waals surface area contributed by atoms with E-state index in [9.17, 15) is 4.79 Å². The lowest BCUT2D eigenvalue weighted by molar-refractivity contribution is 0.102. The van der Waals surface area contributed by atoms with Gasteiger partial charge in [-0.05, 0) is 36.4 Å². The maximum Gasteiger partial charge on any atom is 0.255 e. The van der Waals surface area contributed by atoms with Gasteiger partial charge in [-0.3, -0.25) is 4.79 Å². The largest absolute Gasteiger partial charge is 0.399 e. The van der Waals surface area contributed by atoms with Crippen LogP contribution in [-0.2, 0) is 0 Å². The highest BCUT2D eigenvalue weighted by atomic mass is 16.1. The molecule has 0 aliphatic rings. The van der Waals surface area contributed by atoms with Gasteiger partial charge in [0.25, 0.3) is 5.91 Å². The van der Waals surface area contributed by atoms with Crippen molar-refractivity contribution in [2.75, 3.05) is 11.1 Å². The summed E-state index contributed by atoms with van der Waals surface area (Å²) in [4.78, 5) is 11.8. The average Bonchev–Trinajstić information content (AvgIpc) is 2.44. The van der Waals surface area contributed by atoms with Crippen LogP contribution in [-0.4, -0.2) is 5.91 Å². The van der Waals surface area contributed by atoms with Crippen molar-refractivity contribution >= 4 is 17.3 Å². The van der Waals surface area contributed by atoms with E-state index >= 15 is 0 Å². The summed E-state index contributed by atoms with van der Waals surface area (Å²) in [6, 6.07) is 16.1. The number of hydrogen-bond donors (Lipinski definition) is 2. The van der Waals surface area contributed by atoms with E-state index in [1.807, 2.05) is 32.0 Å². The Labute approximate surface area is 108 Å². The quantitative estimate of drug-likeness (QED) is 0.791. The number of anilines is 2. The van der Waals surface area contributed by atoms with Gasteiger partial charge in [-0.2, -0.15) is 0 Å². The number of carbonyl (C=O) groups excluding carboxylic acids is 1. The van der Waals surface area contributed by atoms with Crippen LogP contribution in [0.25, 0.3) is 0 Å². The number of nitrogen functional groups attached to an aromatic ring is 1. The Bertz CT molecular complexity index is 478. The van der Waals surface area contributed by atoms with Crippen LogP contribution in [0.5, 0.6) is 0 Å². The number of amides is 1. The van der Waals surface area contributed by atoms with Crippen LogP contribution in [0.15, 0.2) is 54.6 Å². The second-order valence-electron chi connectivity index (χ2n) is 3.44. The van der Waals surface area contributed by atoms with E-state index in [0.717, 1.165) is 5.69 Å². The molecule has 0 unspecified atom stereocenters. The summed E-state index contributed by atoms with van der Waals surface area (Å²) >= 11 is 0. The van der Waals surface area contributed by atoms with E-state index in [1.54, 1.807) is 36.4 Å². The summed E-state index contributed by atoms with van der Waals surface area (Å²) in [5.41, 5.74) is 7.61. The fourth-order valence-corrected chi connectivity index (χ4v) is 1.36. The van der Waals surface area contributed by atoms with Gasteiger partial charge in [0, 0.05) is 16.9 Å². The average molecular weight is 242 g/mol. The van der Waals surface area contributed by atoms with Gasteiger partial charge >= 0.3 is 0 Å². The molecule has 0 aliphatic carbocycles. The molecule has 0 saturated carbocycles. The van der Waals surface area contributed by atoms with Gasteiger partial charge in [0.2, 0.25) is 0 Å². The van der Waals surface area contributed by atoms with Crippen LogP contribution in [0, 0.1) is 0 Å². The molecule has 0 atom stereocenters. The lowest BCUT2D eigenvalue weighted by atomic mass is 10.2. The van der Waals surface area contributed by atoms with Crippen LogP contribution in [0.4, 0.5) is 11.4 Å². The number of nitrogens with one attached hydrogen (secondary N) is 1. The zero-order valence-electron chi connectivity index (χ0n) is 10.7. The van der Waals surface area contributed by atoms with Gasteiger partial charge in [-0.1, -0.05) is 32.0 Å². The molecule has 0 spiro atoms. The van der Waals surface area contributed by atoms with E-state index in [0.29, 0.717) is 11.3 Å². The van der Waals surface area contributed by atoms with E-state index in [-0.39, 0.29) is 5.91 Å². The first-order valence-electron chi connectivity index (χ1n) is 5.97. The van der Waals surface area contributed by atoms with Gasteiger partial charge in [0.05, 0.1) is 0 Å². The standard InChI is InChI=1S/C13H12N2O.C2H6/c14-11-6-8-12(9-7-11)15-13(16)10-4-2-1-3-5-10;1-2/h1-9H,14H2,(H,15,16);1-2H3. The molecular formula is C15H18N2O. The normalized spacial score (nSPS) is 9.00. The highest BCUT2D eigenvalue weighted by Gasteiger charge is 2.03. The van der Waals surface area contributed by atoms with Crippen molar-refractivity contribution in [1.29, 1.82) is 0 Å². The molecule has 2 aromatic carbocycles. The summed E-state index contributed by atoms with van der Waals surface area (Å²) in [7, 11) is 0. The zero-order valence-corrected chi connectivity index (χ0v) is 10.7. The van der Waals surface area contributed by atoms with Gasteiger partial charge in [0.1, 0.15) is 0 Å². The second kappa shape index (κ2) is 7.12. The smallest absolute Gasteiger partial charge is 0.255 e. The highest BCUT2D eigenvalue weighted by molar-refractivity contribution is 6.04. The Hall–Kier alpha value is -2.29. The summed E-state index contributed by atoms with van der Waals surface area (Å²) in [6.07, 6.45) is 0. The van der Waals surface area contributed by atoms with Crippen LogP contribution in [0.2, 0.25) is 0 Å². The number of rotatable bonds is 2.